The number of methoxy groups -OCH3 is 1. The van der Waals surface area contributed by atoms with Crippen molar-refractivity contribution in [2.24, 2.45) is 0 Å². The topological polar surface area (TPSA) is 74.2 Å². The summed E-state index contributed by atoms with van der Waals surface area (Å²) in [6.45, 7) is 1.81. The Kier molecular flexibility index (Phi) is 2.55. The highest BCUT2D eigenvalue weighted by Crippen LogP contribution is 2.07. The highest BCUT2D eigenvalue weighted by molar-refractivity contribution is 5.93. The Balaban J connectivity index is 2.91. The molecule has 0 saturated carbocycles. The Bertz CT molecular complexity index is 336. The van der Waals surface area contributed by atoms with Gasteiger partial charge < -0.3 is 15.4 Å². The molecule has 0 aromatic heterocycles. The minimum atomic E-state index is -0.652. The van der Waals surface area contributed by atoms with Gasteiger partial charge in [-0.1, -0.05) is 0 Å². The number of nitrogens with zero attached hydrogens (tertiary/aromatic N) is 1. The summed E-state index contributed by atoms with van der Waals surface area (Å²) in [5, 5.41) is 14.2. The van der Waals surface area contributed by atoms with Gasteiger partial charge in [0.15, 0.2) is 5.57 Å². The molecular formula is C8H9N3O2. The maximum absolute atomic E-state index is 11.0. The summed E-state index contributed by atoms with van der Waals surface area (Å²) in [6.07, 6.45) is 1.66. The number of hydrogen-bond acceptors (Lipinski definition) is 5. The van der Waals surface area contributed by atoms with E-state index in [2.05, 4.69) is 15.4 Å². The van der Waals surface area contributed by atoms with Gasteiger partial charge in [0.25, 0.3) is 0 Å². The summed E-state index contributed by atoms with van der Waals surface area (Å²) >= 11 is 0. The Labute approximate surface area is 75.7 Å². The minimum Gasteiger partial charge on any atom is -0.465 e. The van der Waals surface area contributed by atoms with Crippen LogP contribution in [0.15, 0.2) is 23.3 Å². The zero-order valence-corrected chi connectivity index (χ0v) is 7.34. The van der Waals surface area contributed by atoms with Crippen LogP contribution in [0.1, 0.15) is 6.92 Å². The van der Waals surface area contributed by atoms with Crippen LogP contribution in [0, 0.1) is 11.3 Å². The first-order chi connectivity index (χ1) is 6.19. The quantitative estimate of drug-likeness (QED) is 0.335. The van der Waals surface area contributed by atoms with E-state index >= 15 is 0 Å². The van der Waals surface area contributed by atoms with Crippen molar-refractivity contribution in [3.8, 4) is 6.07 Å². The monoisotopic (exact) mass is 179 g/mol. The summed E-state index contributed by atoms with van der Waals surface area (Å²) < 4.78 is 4.43. The molecule has 1 rings (SSSR count). The number of allylic oxidation sites excluding steroid dienone is 1. The predicted molar refractivity (Wildman–Crippen MR) is 44.7 cm³/mol. The van der Waals surface area contributed by atoms with E-state index in [0.717, 1.165) is 5.70 Å². The fraction of sp³-hybridized carbons (Fsp3) is 0.250. The first-order valence-electron chi connectivity index (χ1n) is 3.62. The van der Waals surface area contributed by atoms with Gasteiger partial charge in [0.2, 0.25) is 0 Å². The summed E-state index contributed by atoms with van der Waals surface area (Å²) in [5.74, 6) is -0.285. The number of rotatable bonds is 1. The van der Waals surface area contributed by atoms with E-state index in [-0.39, 0.29) is 5.57 Å². The lowest BCUT2D eigenvalue weighted by molar-refractivity contribution is -0.135. The molecule has 0 radical (unpaired) electrons. The van der Waals surface area contributed by atoms with Gasteiger partial charge in [-0.2, -0.15) is 5.26 Å². The second-order valence-electron chi connectivity index (χ2n) is 2.45. The van der Waals surface area contributed by atoms with Gasteiger partial charge in [-0.05, 0) is 6.92 Å². The fourth-order valence-corrected chi connectivity index (χ4v) is 0.890. The average Bonchev–Trinajstić information content (AvgIpc) is 2.53. The highest BCUT2D eigenvalue weighted by atomic mass is 16.5. The largest absolute Gasteiger partial charge is 0.465 e. The van der Waals surface area contributed by atoms with Gasteiger partial charge in [-0.3, -0.25) is 0 Å². The van der Waals surface area contributed by atoms with E-state index in [1.165, 1.54) is 7.11 Å². The van der Waals surface area contributed by atoms with E-state index in [0.29, 0.717) is 5.82 Å². The highest BCUT2D eigenvalue weighted by Gasteiger charge is 2.18. The molecule has 5 heteroatoms. The van der Waals surface area contributed by atoms with Crippen molar-refractivity contribution in [2.75, 3.05) is 7.11 Å². The summed E-state index contributed by atoms with van der Waals surface area (Å²) in [7, 11) is 1.23. The summed E-state index contributed by atoms with van der Waals surface area (Å²) in [5.41, 5.74) is 0.780. The molecule has 1 aliphatic heterocycles. The van der Waals surface area contributed by atoms with Gasteiger partial charge in [0.05, 0.1) is 7.11 Å². The molecule has 0 saturated heterocycles. The van der Waals surface area contributed by atoms with E-state index in [1.54, 1.807) is 12.3 Å². The normalized spacial score (nSPS) is 17.8. The van der Waals surface area contributed by atoms with Crippen LogP contribution in [0.2, 0.25) is 0 Å². The van der Waals surface area contributed by atoms with Crippen LogP contribution in [0.4, 0.5) is 0 Å². The van der Waals surface area contributed by atoms with Crippen LogP contribution >= 0.6 is 0 Å². The number of carbonyl (C=O) groups is 1. The van der Waals surface area contributed by atoms with Gasteiger partial charge in [-0.25, -0.2) is 4.79 Å². The Morgan fingerprint density at radius 2 is 2.38 bits per heavy atom. The van der Waals surface area contributed by atoms with Crippen molar-refractivity contribution in [1.29, 1.82) is 5.26 Å². The third-order valence-electron chi connectivity index (χ3n) is 1.51. The Hall–Kier alpha value is -1.96. The van der Waals surface area contributed by atoms with Crippen molar-refractivity contribution in [1.82, 2.24) is 10.6 Å². The molecule has 68 valence electrons. The maximum atomic E-state index is 11.0. The Morgan fingerprint density at radius 3 is 2.77 bits per heavy atom. The van der Waals surface area contributed by atoms with Crippen molar-refractivity contribution >= 4 is 5.97 Å². The van der Waals surface area contributed by atoms with Crippen molar-refractivity contribution in [3.63, 3.8) is 0 Å². The molecule has 0 amide bonds. The third kappa shape index (κ3) is 1.79. The fourth-order valence-electron chi connectivity index (χ4n) is 0.890. The second-order valence-corrected chi connectivity index (χ2v) is 2.45. The maximum Gasteiger partial charge on any atom is 0.352 e. The van der Waals surface area contributed by atoms with Gasteiger partial charge >= 0.3 is 5.97 Å². The van der Waals surface area contributed by atoms with Crippen molar-refractivity contribution in [3.05, 3.63) is 23.3 Å². The lowest BCUT2D eigenvalue weighted by Crippen LogP contribution is -2.19. The molecule has 0 aromatic carbocycles. The second kappa shape index (κ2) is 3.63. The summed E-state index contributed by atoms with van der Waals surface area (Å²) in [4.78, 5) is 11.0. The number of ether oxygens (including phenoxy) is 1. The van der Waals surface area contributed by atoms with Crippen LogP contribution in [0.5, 0.6) is 0 Å². The number of hydrogen-bond donors (Lipinski definition) is 2. The van der Waals surface area contributed by atoms with Gasteiger partial charge in [0.1, 0.15) is 11.9 Å². The van der Waals surface area contributed by atoms with E-state index in [9.17, 15) is 4.79 Å². The number of carbonyl (C=O) groups excluding carboxylic acids is 1. The van der Waals surface area contributed by atoms with Crippen LogP contribution < -0.4 is 10.6 Å². The molecule has 1 heterocycles. The third-order valence-corrected chi connectivity index (χ3v) is 1.51. The first kappa shape index (κ1) is 9.13. The van der Waals surface area contributed by atoms with Crippen LogP contribution in [-0.2, 0) is 9.53 Å². The molecule has 0 atom stereocenters. The number of nitrogens with one attached hydrogen (secondary N) is 2. The molecule has 0 aromatic rings. The number of esters is 1. The molecule has 0 fully saturated rings. The smallest absolute Gasteiger partial charge is 0.352 e. The summed E-state index contributed by atoms with van der Waals surface area (Å²) in [6, 6.07) is 1.76. The molecule has 1 aliphatic rings. The molecule has 0 bridgehead atoms. The standard InChI is InChI=1S/C8H9N3O2/c1-5-4-10-7(11-5)6(3-9)8(12)13-2/h4,10-11H,1-2H3/b7-6-. The first-order valence-corrected chi connectivity index (χ1v) is 3.62. The molecule has 5 nitrogen and oxygen atoms in total. The number of nitriles is 1. The lowest BCUT2D eigenvalue weighted by atomic mass is 10.3. The molecule has 0 unspecified atom stereocenters. The average molecular weight is 179 g/mol. The van der Waals surface area contributed by atoms with Crippen LogP contribution in [0.25, 0.3) is 0 Å². The molecule has 0 aliphatic carbocycles. The van der Waals surface area contributed by atoms with Crippen LogP contribution in [-0.4, -0.2) is 13.1 Å². The van der Waals surface area contributed by atoms with E-state index in [4.69, 9.17) is 5.26 Å². The zero-order valence-electron chi connectivity index (χ0n) is 7.34. The lowest BCUT2D eigenvalue weighted by Gasteiger charge is -2.03. The molecule has 0 spiro atoms. The molecular weight excluding hydrogens is 170 g/mol. The van der Waals surface area contributed by atoms with Crippen LogP contribution in [0.3, 0.4) is 0 Å². The molecule has 13 heavy (non-hydrogen) atoms. The Morgan fingerprint density at radius 1 is 1.69 bits per heavy atom. The zero-order chi connectivity index (χ0) is 9.84. The SMILES string of the molecule is COC(=O)/C(C#N)=C1/NC=C(C)N1. The molecule has 2 N–H and O–H groups in total. The van der Waals surface area contributed by atoms with E-state index in [1.807, 2.05) is 6.92 Å². The van der Waals surface area contributed by atoms with E-state index < -0.39 is 5.97 Å². The van der Waals surface area contributed by atoms with Gasteiger partial charge in [0, 0.05) is 11.9 Å². The predicted octanol–water partition coefficient (Wildman–Crippen LogP) is -0.0513. The van der Waals surface area contributed by atoms with Crippen molar-refractivity contribution < 1.29 is 9.53 Å². The van der Waals surface area contributed by atoms with Crippen molar-refractivity contribution in [2.45, 2.75) is 6.92 Å². The minimum absolute atomic E-state index is 0.0596. The van der Waals surface area contributed by atoms with Gasteiger partial charge in [-0.15, -0.1) is 0 Å².